The summed E-state index contributed by atoms with van der Waals surface area (Å²) in [6.45, 7) is 0. The van der Waals surface area contributed by atoms with Gasteiger partial charge in [-0.25, -0.2) is 9.37 Å². The minimum absolute atomic E-state index is 0.190. The molecule has 1 aliphatic carbocycles. The van der Waals surface area contributed by atoms with Crippen molar-refractivity contribution in [1.29, 1.82) is 0 Å². The number of rotatable bonds is 0. The smallest absolute Gasteiger partial charge is 0.156 e. The largest absolute Gasteiger partial charge is 0.300 e. The Morgan fingerprint density at radius 1 is 1.29 bits per heavy atom. The zero-order valence-corrected chi connectivity index (χ0v) is 8.89. The zero-order chi connectivity index (χ0) is 11.4. The van der Waals surface area contributed by atoms with E-state index in [4.69, 9.17) is 0 Å². The van der Waals surface area contributed by atoms with Crippen LogP contribution in [0.4, 0.5) is 4.39 Å². The van der Waals surface area contributed by atoms with Crippen LogP contribution in [0.2, 0.25) is 0 Å². The van der Waals surface area contributed by atoms with Crippen LogP contribution in [0.1, 0.15) is 11.3 Å². The molecule has 0 unspecified atom stereocenters. The van der Waals surface area contributed by atoms with Crippen molar-refractivity contribution in [2.45, 2.75) is 6.42 Å². The Bertz CT molecular complexity index is 746. The van der Waals surface area contributed by atoms with Crippen LogP contribution in [-0.4, -0.2) is 14.4 Å². The van der Waals surface area contributed by atoms with E-state index in [1.54, 1.807) is 24.5 Å². The molecule has 2 aromatic heterocycles. The quantitative estimate of drug-likeness (QED) is 0.460. The zero-order valence-electron chi connectivity index (χ0n) is 8.89. The summed E-state index contributed by atoms with van der Waals surface area (Å²) in [5.74, 6) is -0.190. The number of halogens is 1. The van der Waals surface area contributed by atoms with Gasteiger partial charge < -0.3 is 4.40 Å². The summed E-state index contributed by atoms with van der Waals surface area (Å²) < 4.78 is 15.2. The Labute approximate surface area is 96.6 Å². The minimum atomic E-state index is -0.190. The van der Waals surface area contributed by atoms with Crippen LogP contribution in [0, 0.1) is 5.82 Å². The summed E-state index contributed by atoms with van der Waals surface area (Å²) in [5, 5.41) is 0. The molecule has 82 valence electrons. The molecule has 3 nitrogen and oxygen atoms in total. The van der Waals surface area contributed by atoms with Crippen molar-refractivity contribution >= 4 is 5.65 Å². The summed E-state index contributed by atoms with van der Waals surface area (Å²) in [6.07, 6.45) is 6.09. The van der Waals surface area contributed by atoms with E-state index in [9.17, 15) is 4.39 Å². The van der Waals surface area contributed by atoms with E-state index in [-0.39, 0.29) is 5.82 Å². The topological polar surface area (TPSA) is 30.2 Å². The van der Waals surface area contributed by atoms with Gasteiger partial charge in [-0.1, -0.05) is 0 Å². The molecule has 0 saturated heterocycles. The highest BCUT2D eigenvalue weighted by Crippen LogP contribution is 2.36. The molecule has 4 heteroatoms. The number of aromatic nitrogens is 3. The number of hydrogen-bond donors (Lipinski definition) is 0. The van der Waals surface area contributed by atoms with Gasteiger partial charge in [-0.15, -0.1) is 0 Å². The van der Waals surface area contributed by atoms with Crippen molar-refractivity contribution in [3.8, 4) is 11.3 Å². The second kappa shape index (κ2) is 2.91. The lowest BCUT2D eigenvalue weighted by Gasteiger charge is -1.99. The summed E-state index contributed by atoms with van der Waals surface area (Å²) in [4.78, 5) is 8.59. The van der Waals surface area contributed by atoms with Crippen molar-refractivity contribution < 1.29 is 4.39 Å². The molecule has 4 rings (SSSR count). The van der Waals surface area contributed by atoms with Gasteiger partial charge in [-0.05, 0) is 23.8 Å². The Balaban J connectivity index is 2.06. The molecule has 0 radical (unpaired) electrons. The third-order valence-electron chi connectivity index (χ3n) is 3.21. The first-order chi connectivity index (χ1) is 8.33. The predicted molar refractivity (Wildman–Crippen MR) is 61.2 cm³/mol. The number of imidazole rings is 1. The lowest BCUT2D eigenvalue weighted by molar-refractivity contribution is 0.626. The molecule has 2 heterocycles. The van der Waals surface area contributed by atoms with Gasteiger partial charge in [0.1, 0.15) is 5.82 Å². The highest BCUT2D eigenvalue weighted by Gasteiger charge is 2.24. The average Bonchev–Trinajstić information content (AvgIpc) is 2.84. The maximum Gasteiger partial charge on any atom is 0.156 e. The van der Waals surface area contributed by atoms with Gasteiger partial charge in [0.15, 0.2) is 5.65 Å². The lowest BCUT2D eigenvalue weighted by Crippen LogP contribution is -1.92. The number of fused-ring (bicyclic) bond motifs is 5. The van der Waals surface area contributed by atoms with Crippen molar-refractivity contribution in [3.05, 3.63) is 53.9 Å². The van der Waals surface area contributed by atoms with Crippen LogP contribution in [0.15, 0.2) is 36.8 Å². The van der Waals surface area contributed by atoms with Crippen molar-refractivity contribution in [2.24, 2.45) is 0 Å². The fraction of sp³-hybridized carbons (Fsp3) is 0.0769. The Morgan fingerprint density at radius 3 is 3.18 bits per heavy atom. The van der Waals surface area contributed by atoms with Crippen LogP contribution < -0.4 is 0 Å². The van der Waals surface area contributed by atoms with Crippen molar-refractivity contribution in [1.82, 2.24) is 14.4 Å². The highest BCUT2D eigenvalue weighted by atomic mass is 19.1. The number of hydrogen-bond acceptors (Lipinski definition) is 2. The van der Waals surface area contributed by atoms with Crippen LogP contribution in [-0.2, 0) is 6.42 Å². The monoisotopic (exact) mass is 225 g/mol. The molecule has 0 atom stereocenters. The number of nitrogens with zero attached hydrogens (tertiary/aromatic N) is 3. The first kappa shape index (κ1) is 8.87. The molecule has 1 aromatic carbocycles. The van der Waals surface area contributed by atoms with E-state index >= 15 is 0 Å². The van der Waals surface area contributed by atoms with Gasteiger partial charge in [-0.2, -0.15) is 0 Å². The lowest BCUT2D eigenvalue weighted by atomic mass is 10.1. The minimum Gasteiger partial charge on any atom is -0.300 e. The van der Waals surface area contributed by atoms with Gasteiger partial charge in [0.25, 0.3) is 0 Å². The third-order valence-corrected chi connectivity index (χ3v) is 3.21. The first-order valence-corrected chi connectivity index (χ1v) is 5.43. The molecule has 0 fully saturated rings. The summed E-state index contributed by atoms with van der Waals surface area (Å²) in [6, 6.07) is 4.87. The fourth-order valence-electron chi connectivity index (χ4n) is 2.46. The van der Waals surface area contributed by atoms with Crippen LogP contribution in [0.25, 0.3) is 16.9 Å². The van der Waals surface area contributed by atoms with Gasteiger partial charge in [0, 0.05) is 24.4 Å². The van der Waals surface area contributed by atoms with Gasteiger partial charge in [0.05, 0.1) is 17.6 Å². The van der Waals surface area contributed by atoms with Crippen LogP contribution in [0.5, 0.6) is 0 Å². The second-order valence-electron chi connectivity index (χ2n) is 4.19. The summed E-state index contributed by atoms with van der Waals surface area (Å²) in [7, 11) is 0. The fourth-order valence-corrected chi connectivity index (χ4v) is 2.46. The van der Waals surface area contributed by atoms with E-state index in [1.807, 2.05) is 10.6 Å². The molecule has 0 bridgehead atoms. The summed E-state index contributed by atoms with van der Waals surface area (Å²) in [5.41, 5.74) is 4.95. The third kappa shape index (κ3) is 1.09. The molecular weight excluding hydrogens is 217 g/mol. The first-order valence-electron chi connectivity index (χ1n) is 5.43. The molecule has 17 heavy (non-hydrogen) atoms. The van der Waals surface area contributed by atoms with Crippen LogP contribution in [0.3, 0.4) is 0 Å². The van der Waals surface area contributed by atoms with E-state index < -0.39 is 0 Å². The molecule has 3 aromatic rings. The van der Waals surface area contributed by atoms with E-state index in [0.29, 0.717) is 0 Å². The molecule has 0 aliphatic heterocycles. The normalized spacial score (nSPS) is 12.8. The van der Waals surface area contributed by atoms with Gasteiger partial charge in [0.2, 0.25) is 0 Å². The SMILES string of the molecule is Fc1ccc2c(c1)Cc1c-2nc2cnccn12. The Morgan fingerprint density at radius 2 is 2.24 bits per heavy atom. The molecule has 0 spiro atoms. The maximum absolute atomic E-state index is 13.2. The number of benzene rings is 1. The van der Waals surface area contributed by atoms with Crippen molar-refractivity contribution in [2.75, 3.05) is 0 Å². The highest BCUT2D eigenvalue weighted by molar-refractivity contribution is 5.75. The predicted octanol–water partition coefficient (Wildman–Crippen LogP) is 2.44. The molecule has 1 aliphatic rings. The Hall–Kier alpha value is -2.23. The average molecular weight is 225 g/mol. The molecule has 0 amide bonds. The molecule has 0 N–H and O–H groups in total. The van der Waals surface area contributed by atoms with Crippen LogP contribution >= 0.6 is 0 Å². The van der Waals surface area contributed by atoms with E-state index in [0.717, 1.165) is 34.6 Å². The Kier molecular flexibility index (Phi) is 1.52. The molecule has 0 saturated carbocycles. The van der Waals surface area contributed by atoms with Gasteiger partial charge >= 0.3 is 0 Å². The van der Waals surface area contributed by atoms with Crippen molar-refractivity contribution in [3.63, 3.8) is 0 Å². The second-order valence-corrected chi connectivity index (χ2v) is 4.19. The van der Waals surface area contributed by atoms with Gasteiger partial charge in [-0.3, -0.25) is 4.98 Å². The summed E-state index contributed by atoms with van der Waals surface area (Å²) >= 11 is 0. The van der Waals surface area contributed by atoms with E-state index in [2.05, 4.69) is 9.97 Å². The maximum atomic E-state index is 13.2. The van der Waals surface area contributed by atoms with E-state index in [1.165, 1.54) is 6.07 Å². The standard InChI is InChI=1S/C13H8FN3/c14-9-1-2-10-8(5-9)6-11-13(10)16-12-7-15-3-4-17(11)12/h1-5,7H,6H2. The molecular formula is C13H8FN3.